The van der Waals surface area contributed by atoms with Gasteiger partial charge < -0.3 is 14.5 Å². The largest absolute Gasteiger partial charge is 0.457 e. The molecule has 0 bridgehead atoms. The number of nitrogens with zero attached hydrogens (tertiary/aromatic N) is 2. The van der Waals surface area contributed by atoms with Crippen LogP contribution in [0.2, 0.25) is 0 Å². The quantitative estimate of drug-likeness (QED) is 0.752. The minimum Gasteiger partial charge on any atom is -0.457 e. The molecule has 5 nitrogen and oxygen atoms in total. The van der Waals surface area contributed by atoms with E-state index in [1.165, 1.54) is 12.1 Å². The predicted molar refractivity (Wildman–Crippen MR) is 84.0 cm³/mol. The summed E-state index contributed by atoms with van der Waals surface area (Å²) in [4.78, 5) is 0. The molecule has 0 saturated heterocycles. The zero-order valence-electron chi connectivity index (χ0n) is 12.8. The summed E-state index contributed by atoms with van der Waals surface area (Å²) in [5, 5.41) is 11.1. The molecule has 1 N–H and O–H groups in total. The zero-order chi connectivity index (χ0) is 16.2. The Morgan fingerprint density at radius 1 is 1.09 bits per heavy atom. The minimum absolute atomic E-state index is 0.105. The average Bonchev–Trinajstić information content (AvgIpc) is 2.96. The molecule has 0 aliphatic heterocycles. The van der Waals surface area contributed by atoms with Crippen LogP contribution < -0.4 is 10.1 Å². The first kappa shape index (κ1) is 15.0. The standard InChI is InChI=1S/C17H16FN3O2/c1-11(17-21-20-12(2)22-17)19-14-6-8-15(9-7-14)23-16-5-3-4-13(18)10-16/h3-11,19H,1-2H3/t11-/m1/s1. The lowest BCUT2D eigenvalue weighted by molar-refractivity contribution is 0.451. The van der Waals surface area contributed by atoms with Gasteiger partial charge in [0.25, 0.3) is 0 Å². The van der Waals surface area contributed by atoms with E-state index in [-0.39, 0.29) is 11.9 Å². The molecule has 0 aliphatic rings. The third-order valence-electron chi connectivity index (χ3n) is 3.18. The third-order valence-corrected chi connectivity index (χ3v) is 3.18. The first-order valence-electron chi connectivity index (χ1n) is 7.20. The Labute approximate surface area is 133 Å². The molecule has 0 saturated carbocycles. The Morgan fingerprint density at radius 3 is 2.52 bits per heavy atom. The fourth-order valence-electron chi connectivity index (χ4n) is 2.08. The zero-order valence-corrected chi connectivity index (χ0v) is 12.8. The molecule has 1 aromatic heterocycles. The lowest BCUT2D eigenvalue weighted by Crippen LogP contribution is -2.06. The lowest BCUT2D eigenvalue weighted by Gasteiger charge is -2.12. The highest BCUT2D eigenvalue weighted by Gasteiger charge is 2.12. The lowest BCUT2D eigenvalue weighted by atomic mass is 10.2. The molecule has 0 radical (unpaired) electrons. The fourth-order valence-corrected chi connectivity index (χ4v) is 2.08. The Morgan fingerprint density at radius 2 is 1.87 bits per heavy atom. The number of halogens is 1. The van der Waals surface area contributed by atoms with Gasteiger partial charge in [-0.25, -0.2) is 4.39 Å². The minimum atomic E-state index is -0.329. The van der Waals surface area contributed by atoms with Crippen LogP contribution in [-0.4, -0.2) is 10.2 Å². The molecule has 1 atom stereocenters. The van der Waals surface area contributed by atoms with E-state index < -0.39 is 0 Å². The number of hydrogen-bond donors (Lipinski definition) is 1. The van der Waals surface area contributed by atoms with Crippen molar-refractivity contribution in [1.29, 1.82) is 0 Å². The molecule has 2 aromatic carbocycles. The molecule has 3 aromatic rings. The molecule has 0 aliphatic carbocycles. The second kappa shape index (κ2) is 6.48. The summed E-state index contributed by atoms with van der Waals surface area (Å²) in [5.41, 5.74) is 0.889. The summed E-state index contributed by atoms with van der Waals surface area (Å²) < 4.78 is 24.1. The van der Waals surface area contributed by atoms with Gasteiger partial charge in [0.05, 0.1) is 0 Å². The third kappa shape index (κ3) is 3.85. The summed E-state index contributed by atoms with van der Waals surface area (Å²) in [5.74, 6) is 1.82. The normalized spacial score (nSPS) is 12.0. The molecule has 0 unspecified atom stereocenters. The van der Waals surface area contributed by atoms with E-state index in [0.29, 0.717) is 23.3 Å². The number of aryl methyl sites for hydroxylation is 1. The Balaban J connectivity index is 1.65. The van der Waals surface area contributed by atoms with Gasteiger partial charge in [0, 0.05) is 18.7 Å². The van der Waals surface area contributed by atoms with Crippen LogP contribution in [0.4, 0.5) is 10.1 Å². The van der Waals surface area contributed by atoms with Crippen molar-refractivity contribution in [3.63, 3.8) is 0 Å². The van der Waals surface area contributed by atoms with Crippen LogP contribution >= 0.6 is 0 Å². The summed E-state index contributed by atoms with van der Waals surface area (Å²) in [7, 11) is 0. The number of aromatic nitrogens is 2. The van der Waals surface area contributed by atoms with E-state index in [4.69, 9.17) is 9.15 Å². The maximum atomic E-state index is 13.1. The number of hydrogen-bond acceptors (Lipinski definition) is 5. The van der Waals surface area contributed by atoms with E-state index in [1.54, 1.807) is 31.2 Å². The van der Waals surface area contributed by atoms with E-state index in [9.17, 15) is 4.39 Å². The van der Waals surface area contributed by atoms with Gasteiger partial charge in [-0.15, -0.1) is 10.2 Å². The van der Waals surface area contributed by atoms with Crippen molar-refractivity contribution < 1.29 is 13.5 Å². The highest BCUT2D eigenvalue weighted by atomic mass is 19.1. The molecule has 23 heavy (non-hydrogen) atoms. The van der Waals surface area contributed by atoms with E-state index in [0.717, 1.165) is 5.69 Å². The number of benzene rings is 2. The SMILES string of the molecule is Cc1nnc([C@@H](C)Nc2ccc(Oc3cccc(F)c3)cc2)o1. The maximum absolute atomic E-state index is 13.1. The van der Waals surface area contributed by atoms with Crippen LogP contribution in [0.25, 0.3) is 0 Å². The number of anilines is 1. The summed E-state index contributed by atoms with van der Waals surface area (Å²) in [6.45, 7) is 3.69. The molecular weight excluding hydrogens is 297 g/mol. The topological polar surface area (TPSA) is 60.2 Å². The fraction of sp³-hybridized carbons (Fsp3) is 0.176. The summed E-state index contributed by atoms with van der Waals surface area (Å²) in [6.07, 6.45) is 0. The smallest absolute Gasteiger partial charge is 0.238 e. The Bertz CT molecular complexity index is 787. The number of rotatable bonds is 5. The van der Waals surface area contributed by atoms with Gasteiger partial charge >= 0.3 is 0 Å². The maximum Gasteiger partial charge on any atom is 0.238 e. The van der Waals surface area contributed by atoms with Crippen molar-refractivity contribution in [1.82, 2.24) is 10.2 Å². The molecular formula is C17H16FN3O2. The van der Waals surface area contributed by atoms with Crippen molar-refractivity contribution in [2.24, 2.45) is 0 Å². The van der Waals surface area contributed by atoms with Crippen LogP contribution in [0, 0.1) is 12.7 Å². The molecule has 1 heterocycles. The second-order valence-corrected chi connectivity index (χ2v) is 5.11. The van der Waals surface area contributed by atoms with Gasteiger partial charge in [-0.3, -0.25) is 0 Å². The van der Waals surface area contributed by atoms with Crippen LogP contribution in [0.3, 0.4) is 0 Å². The molecule has 0 amide bonds. The summed E-state index contributed by atoms with van der Waals surface area (Å²) in [6, 6.07) is 13.3. The molecule has 3 rings (SSSR count). The average molecular weight is 313 g/mol. The van der Waals surface area contributed by atoms with Gasteiger partial charge in [-0.05, 0) is 43.3 Å². The number of ether oxygens (including phenoxy) is 1. The molecule has 6 heteroatoms. The Kier molecular flexibility index (Phi) is 4.23. The first-order chi connectivity index (χ1) is 11.1. The van der Waals surface area contributed by atoms with Crippen LogP contribution in [-0.2, 0) is 0 Å². The molecule has 0 spiro atoms. The highest BCUT2D eigenvalue weighted by molar-refractivity contribution is 5.48. The monoisotopic (exact) mass is 313 g/mol. The van der Waals surface area contributed by atoms with Crippen molar-refractivity contribution in [2.45, 2.75) is 19.9 Å². The second-order valence-electron chi connectivity index (χ2n) is 5.11. The molecule has 0 fully saturated rings. The first-order valence-corrected chi connectivity index (χ1v) is 7.20. The van der Waals surface area contributed by atoms with Crippen LogP contribution in [0.15, 0.2) is 52.9 Å². The summed E-state index contributed by atoms with van der Waals surface area (Å²) >= 11 is 0. The van der Waals surface area contributed by atoms with Crippen LogP contribution in [0.1, 0.15) is 24.7 Å². The predicted octanol–water partition coefficient (Wildman–Crippen LogP) is 4.48. The number of nitrogens with one attached hydrogen (secondary N) is 1. The van der Waals surface area contributed by atoms with Crippen molar-refractivity contribution >= 4 is 5.69 Å². The highest BCUT2D eigenvalue weighted by Crippen LogP contribution is 2.25. The Hall–Kier alpha value is -2.89. The van der Waals surface area contributed by atoms with Crippen molar-refractivity contribution in [2.75, 3.05) is 5.32 Å². The molecule has 118 valence electrons. The van der Waals surface area contributed by atoms with E-state index >= 15 is 0 Å². The van der Waals surface area contributed by atoms with Gasteiger partial charge in [-0.1, -0.05) is 6.07 Å². The van der Waals surface area contributed by atoms with Gasteiger partial charge in [0.2, 0.25) is 11.8 Å². The van der Waals surface area contributed by atoms with Crippen molar-refractivity contribution in [3.8, 4) is 11.5 Å². The van der Waals surface area contributed by atoms with E-state index in [2.05, 4.69) is 15.5 Å². The van der Waals surface area contributed by atoms with Gasteiger partial charge in [0.1, 0.15) is 23.4 Å². The van der Waals surface area contributed by atoms with E-state index in [1.807, 2.05) is 19.1 Å². The van der Waals surface area contributed by atoms with Gasteiger partial charge in [-0.2, -0.15) is 0 Å². The van der Waals surface area contributed by atoms with Crippen molar-refractivity contribution in [3.05, 3.63) is 66.1 Å². The van der Waals surface area contributed by atoms with Crippen LogP contribution in [0.5, 0.6) is 11.5 Å². The van der Waals surface area contributed by atoms with Gasteiger partial charge in [0.15, 0.2) is 0 Å².